The van der Waals surface area contributed by atoms with Crippen LogP contribution in [0.3, 0.4) is 0 Å². The summed E-state index contributed by atoms with van der Waals surface area (Å²) in [6.07, 6.45) is 4.19. The van der Waals surface area contributed by atoms with Crippen molar-refractivity contribution in [2.24, 2.45) is 5.92 Å². The van der Waals surface area contributed by atoms with Gasteiger partial charge in [-0.25, -0.2) is 4.39 Å². The summed E-state index contributed by atoms with van der Waals surface area (Å²) in [5, 5.41) is 17.7. The highest BCUT2D eigenvalue weighted by atomic mass is 19.1. The van der Waals surface area contributed by atoms with Gasteiger partial charge in [0.1, 0.15) is 17.8 Å². The molecule has 1 amide bonds. The SMILES string of the molecule is O=C(c1cc(-n2cnnn2)n[nH]1)N1CCC(Cc2ccc(F)cc2)CC1. The van der Waals surface area contributed by atoms with E-state index >= 15 is 0 Å². The molecule has 26 heavy (non-hydrogen) atoms. The molecule has 1 aromatic carbocycles. The zero-order valence-corrected chi connectivity index (χ0v) is 14.0. The lowest BCUT2D eigenvalue weighted by molar-refractivity contribution is 0.0684. The number of halogens is 1. The molecule has 0 atom stereocenters. The van der Waals surface area contributed by atoms with Crippen LogP contribution in [-0.4, -0.2) is 54.3 Å². The summed E-state index contributed by atoms with van der Waals surface area (Å²) in [5.74, 6) is 0.694. The van der Waals surface area contributed by atoms with Crippen LogP contribution in [0.25, 0.3) is 5.82 Å². The predicted octanol–water partition coefficient (Wildman–Crippen LogP) is 1.62. The summed E-state index contributed by atoms with van der Waals surface area (Å²) in [5.41, 5.74) is 1.56. The van der Waals surface area contributed by atoms with Gasteiger partial charge in [-0.05, 0) is 53.3 Å². The Balaban J connectivity index is 1.34. The van der Waals surface area contributed by atoms with Crippen molar-refractivity contribution in [1.82, 2.24) is 35.3 Å². The zero-order valence-electron chi connectivity index (χ0n) is 14.0. The van der Waals surface area contributed by atoms with E-state index in [1.54, 1.807) is 6.07 Å². The van der Waals surface area contributed by atoms with Crippen molar-refractivity contribution in [3.63, 3.8) is 0 Å². The number of piperidine rings is 1. The molecular weight excluding hydrogens is 337 g/mol. The molecule has 1 N–H and O–H groups in total. The summed E-state index contributed by atoms with van der Waals surface area (Å²) in [6.45, 7) is 1.40. The standard InChI is InChI=1S/C17H18FN7O/c18-14-3-1-12(2-4-14)9-13-5-7-24(8-6-13)17(26)15-10-16(21-20-15)25-11-19-22-23-25/h1-4,10-11,13H,5-9H2,(H,20,21). The molecule has 0 aliphatic carbocycles. The highest BCUT2D eigenvalue weighted by molar-refractivity contribution is 5.92. The second-order valence-electron chi connectivity index (χ2n) is 6.46. The number of likely N-dealkylation sites (tertiary alicyclic amines) is 1. The van der Waals surface area contributed by atoms with Gasteiger partial charge in [-0.1, -0.05) is 12.1 Å². The Morgan fingerprint density at radius 1 is 1.23 bits per heavy atom. The second-order valence-corrected chi connectivity index (χ2v) is 6.46. The van der Waals surface area contributed by atoms with Gasteiger partial charge in [-0.2, -0.15) is 9.78 Å². The molecule has 1 aliphatic heterocycles. The minimum absolute atomic E-state index is 0.0722. The van der Waals surface area contributed by atoms with Crippen LogP contribution in [0.1, 0.15) is 28.9 Å². The number of tetrazole rings is 1. The number of aromatic amines is 1. The molecule has 3 heterocycles. The zero-order chi connectivity index (χ0) is 17.9. The summed E-state index contributed by atoms with van der Waals surface area (Å²) in [7, 11) is 0. The van der Waals surface area contributed by atoms with Crippen LogP contribution in [0.2, 0.25) is 0 Å². The molecule has 8 nitrogen and oxygen atoms in total. The maximum atomic E-state index is 13.0. The molecule has 0 radical (unpaired) electrons. The normalized spacial score (nSPS) is 15.3. The largest absolute Gasteiger partial charge is 0.337 e. The van der Waals surface area contributed by atoms with E-state index in [4.69, 9.17) is 0 Å². The van der Waals surface area contributed by atoms with Gasteiger partial charge < -0.3 is 4.90 Å². The van der Waals surface area contributed by atoms with E-state index in [9.17, 15) is 9.18 Å². The van der Waals surface area contributed by atoms with Crippen molar-refractivity contribution in [2.45, 2.75) is 19.3 Å². The number of amides is 1. The second kappa shape index (κ2) is 7.03. The topological polar surface area (TPSA) is 92.6 Å². The highest BCUT2D eigenvalue weighted by Crippen LogP contribution is 2.23. The molecule has 0 bridgehead atoms. The van der Waals surface area contributed by atoms with Crippen LogP contribution in [0.4, 0.5) is 4.39 Å². The first-order valence-electron chi connectivity index (χ1n) is 8.51. The minimum Gasteiger partial charge on any atom is -0.337 e. The van der Waals surface area contributed by atoms with E-state index in [0.29, 0.717) is 30.5 Å². The van der Waals surface area contributed by atoms with Gasteiger partial charge in [-0.15, -0.1) is 5.10 Å². The minimum atomic E-state index is -0.213. The molecule has 3 aromatic rings. The maximum absolute atomic E-state index is 13.0. The van der Waals surface area contributed by atoms with E-state index in [1.807, 2.05) is 17.0 Å². The fraction of sp³-hybridized carbons (Fsp3) is 0.353. The molecule has 1 aliphatic rings. The van der Waals surface area contributed by atoms with Crippen molar-refractivity contribution in [3.05, 3.63) is 53.7 Å². The Bertz CT molecular complexity index is 867. The molecule has 9 heteroatoms. The maximum Gasteiger partial charge on any atom is 0.271 e. The number of benzene rings is 1. The molecule has 0 unspecified atom stereocenters. The van der Waals surface area contributed by atoms with Gasteiger partial charge in [0.25, 0.3) is 5.91 Å². The first-order chi connectivity index (χ1) is 12.7. The van der Waals surface area contributed by atoms with Gasteiger partial charge in [-0.3, -0.25) is 9.89 Å². The summed E-state index contributed by atoms with van der Waals surface area (Å²) in [4.78, 5) is 14.5. The third-order valence-electron chi connectivity index (χ3n) is 4.72. The molecule has 1 fully saturated rings. The van der Waals surface area contributed by atoms with Crippen molar-refractivity contribution < 1.29 is 9.18 Å². The van der Waals surface area contributed by atoms with Crippen molar-refractivity contribution in [3.8, 4) is 5.82 Å². The van der Waals surface area contributed by atoms with E-state index < -0.39 is 0 Å². The predicted molar refractivity (Wildman–Crippen MR) is 90.0 cm³/mol. The van der Waals surface area contributed by atoms with E-state index in [-0.39, 0.29) is 11.7 Å². The van der Waals surface area contributed by atoms with Gasteiger partial charge in [0.05, 0.1) is 0 Å². The number of carbonyl (C=O) groups is 1. The summed E-state index contributed by atoms with van der Waals surface area (Å²) < 4.78 is 14.4. The number of rotatable bonds is 4. The molecule has 1 saturated heterocycles. The Labute approximate surface area is 149 Å². The Morgan fingerprint density at radius 3 is 2.69 bits per heavy atom. The Hall–Kier alpha value is -3.10. The number of nitrogens with one attached hydrogen (secondary N) is 1. The van der Waals surface area contributed by atoms with Crippen LogP contribution < -0.4 is 0 Å². The highest BCUT2D eigenvalue weighted by Gasteiger charge is 2.25. The number of hydrogen-bond acceptors (Lipinski definition) is 5. The van der Waals surface area contributed by atoms with Crippen molar-refractivity contribution in [2.75, 3.05) is 13.1 Å². The summed E-state index contributed by atoms with van der Waals surface area (Å²) >= 11 is 0. The molecule has 0 saturated carbocycles. The number of aromatic nitrogens is 6. The fourth-order valence-electron chi connectivity index (χ4n) is 3.27. The van der Waals surface area contributed by atoms with Crippen molar-refractivity contribution >= 4 is 5.91 Å². The third kappa shape index (κ3) is 3.46. The van der Waals surface area contributed by atoms with Crippen LogP contribution in [0.15, 0.2) is 36.7 Å². The molecule has 2 aromatic heterocycles. The average molecular weight is 355 g/mol. The first kappa shape index (κ1) is 16.4. The van der Waals surface area contributed by atoms with E-state index in [2.05, 4.69) is 25.7 Å². The van der Waals surface area contributed by atoms with Crippen LogP contribution >= 0.6 is 0 Å². The molecule has 0 spiro atoms. The number of nitrogens with zero attached hydrogens (tertiary/aromatic N) is 6. The lowest BCUT2D eigenvalue weighted by Crippen LogP contribution is -2.39. The average Bonchev–Trinajstić information content (AvgIpc) is 3.35. The molecule has 4 rings (SSSR count). The van der Waals surface area contributed by atoms with E-state index in [0.717, 1.165) is 24.8 Å². The van der Waals surface area contributed by atoms with Crippen LogP contribution in [0, 0.1) is 11.7 Å². The fourth-order valence-corrected chi connectivity index (χ4v) is 3.27. The van der Waals surface area contributed by atoms with Gasteiger partial charge in [0, 0.05) is 19.2 Å². The quantitative estimate of drug-likeness (QED) is 0.768. The lowest BCUT2D eigenvalue weighted by Gasteiger charge is -2.31. The van der Waals surface area contributed by atoms with Gasteiger partial charge in [0.15, 0.2) is 5.82 Å². The first-order valence-corrected chi connectivity index (χ1v) is 8.51. The van der Waals surface area contributed by atoms with Gasteiger partial charge in [0.2, 0.25) is 0 Å². The van der Waals surface area contributed by atoms with Crippen LogP contribution in [-0.2, 0) is 6.42 Å². The lowest BCUT2D eigenvalue weighted by atomic mass is 9.90. The summed E-state index contributed by atoms with van der Waals surface area (Å²) in [6, 6.07) is 8.29. The molecule has 134 valence electrons. The Morgan fingerprint density at radius 2 is 2.00 bits per heavy atom. The molecular formula is C17H18FN7O. The third-order valence-corrected chi connectivity index (χ3v) is 4.72. The monoisotopic (exact) mass is 355 g/mol. The number of H-pyrrole nitrogens is 1. The van der Waals surface area contributed by atoms with Gasteiger partial charge >= 0.3 is 0 Å². The Kier molecular flexibility index (Phi) is 4.42. The number of carbonyl (C=O) groups excluding carboxylic acids is 1. The van der Waals surface area contributed by atoms with Crippen molar-refractivity contribution in [1.29, 1.82) is 0 Å². The van der Waals surface area contributed by atoms with E-state index in [1.165, 1.54) is 23.1 Å². The number of hydrogen-bond donors (Lipinski definition) is 1. The van der Waals surface area contributed by atoms with Crippen LogP contribution in [0.5, 0.6) is 0 Å². The smallest absolute Gasteiger partial charge is 0.271 e.